The number of hydrogen-bond donors (Lipinski definition) is 2. The first-order valence-corrected chi connectivity index (χ1v) is 7.37. The molecule has 0 aliphatic heterocycles. The molecule has 2 amide bonds. The van der Waals surface area contributed by atoms with E-state index in [1.807, 2.05) is 31.2 Å². The molecule has 2 aromatic carbocycles. The lowest BCUT2D eigenvalue weighted by atomic mass is 10.1. The fourth-order valence-corrected chi connectivity index (χ4v) is 2.12. The predicted octanol–water partition coefficient (Wildman–Crippen LogP) is 2.11. The van der Waals surface area contributed by atoms with Gasteiger partial charge in [-0.2, -0.15) is 0 Å². The first-order chi connectivity index (χ1) is 11.1. The highest BCUT2D eigenvalue weighted by molar-refractivity contribution is 5.85. The summed E-state index contributed by atoms with van der Waals surface area (Å²) in [6, 6.07) is 13.8. The Bertz CT molecular complexity index is 701. The Morgan fingerprint density at radius 1 is 0.913 bits per heavy atom. The molecule has 23 heavy (non-hydrogen) atoms. The van der Waals surface area contributed by atoms with Crippen LogP contribution in [-0.2, 0) is 22.6 Å². The molecular formula is C18H19FN2O2. The Balaban J connectivity index is 1.75. The monoisotopic (exact) mass is 314 g/mol. The zero-order valence-corrected chi connectivity index (χ0v) is 12.9. The highest BCUT2D eigenvalue weighted by Crippen LogP contribution is 2.07. The van der Waals surface area contributed by atoms with Crippen molar-refractivity contribution < 1.29 is 14.0 Å². The molecule has 4 nitrogen and oxygen atoms in total. The lowest BCUT2D eigenvalue weighted by Crippen LogP contribution is -2.37. The van der Waals surface area contributed by atoms with Crippen molar-refractivity contribution in [3.8, 4) is 0 Å². The lowest BCUT2D eigenvalue weighted by Gasteiger charge is -2.08. The minimum atomic E-state index is -0.364. The van der Waals surface area contributed by atoms with E-state index in [4.69, 9.17) is 0 Å². The molecule has 0 aliphatic carbocycles. The number of halogens is 1. The highest BCUT2D eigenvalue weighted by atomic mass is 19.1. The van der Waals surface area contributed by atoms with Crippen LogP contribution in [-0.4, -0.2) is 18.4 Å². The van der Waals surface area contributed by atoms with E-state index in [1.165, 1.54) is 6.07 Å². The Morgan fingerprint density at radius 3 is 2.26 bits per heavy atom. The maximum absolute atomic E-state index is 13.4. The second-order valence-corrected chi connectivity index (χ2v) is 5.25. The summed E-state index contributed by atoms with van der Waals surface area (Å²) in [5, 5.41) is 5.14. The molecule has 0 unspecified atom stereocenters. The molecule has 0 aromatic heterocycles. The van der Waals surface area contributed by atoms with Gasteiger partial charge in [0.05, 0.1) is 13.0 Å². The first kappa shape index (κ1) is 16.7. The molecule has 0 bridgehead atoms. The van der Waals surface area contributed by atoms with E-state index in [-0.39, 0.29) is 37.1 Å². The van der Waals surface area contributed by atoms with Crippen LogP contribution in [0.1, 0.15) is 16.7 Å². The zero-order valence-electron chi connectivity index (χ0n) is 12.9. The van der Waals surface area contributed by atoms with Crippen LogP contribution in [0.15, 0.2) is 48.5 Å². The quantitative estimate of drug-likeness (QED) is 0.858. The van der Waals surface area contributed by atoms with Crippen LogP contribution in [0, 0.1) is 12.7 Å². The molecule has 0 saturated heterocycles. The number of amides is 2. The predicted molar refractivity (Wildman–Crippen MR) is 86.1 cm³/mol. The SMILES string of the molecule is Cc1ccccc1CC(=O)NCC(=O)NCc1ccccc1F. The molecular weight excluding hydrogens is 295 g/mol. The minimum Gasteiger partial charge on any atom is -0.350 e. The van der Waals surface area contributed by atoms with E-state index in [2.05, 4.69) is 10.6 Å². The largest absolute Gasteiger partial charge is 0.350 e. The number of carbonyl (C=O) groups is 2. The molecule has 0 spiro atoms. The summed E-state index contributed by atoms with van der Waals surface area (Å²) < 4.78 is 13.4. The average molecular weight is 314 g/mol. The van der Waals surface area contributed by atoms with E-state index >= 15 is 0 Å². The van der Waals surface area contributed by atoms with Gasteiger partial charge in [-0.15, -0.1) is 0 Å². The fourth-order valence-electron chi connectivity index (χ4n) is 2.12. The van der Waals surface area contributed by atoms with Crippen LogP contribution in [0.3, 0.4) is 0 Å². The minimum absolute atomic E-state index is 0.0964. The number of carbonyl (C=O) groups excluding carboxylic acids is 2. The van der Waals surface area contributed by atoms with E-state index in [0.717, 1.165) is 11.1 Å². The fraction of sp³-hybridized carbons (Fsp3) is 0.222. The van der Waals surface area contributed by atoms with E-state index < -0.39 is 0 Å². The molecule has 0 heterocycles. The van der Waals surface area contributed by atoms with Gasteiger partial charge in [0.2, 0.25) is 11.8 Å². The van der Waals surface area contributed by atoms with Gasteiger partial charge in [0, 0.05) is 12.1 Å². The van der Waals surface area contributed by atoms with Crippen molar-refractivity contribution in [3.63, 3.8) is 0 Å². The Kier molecular flexibility index (Phi) is 5.86. The summed E-state index contributed by atoms with van der Waals surface area (Å²) in [6.45, 7) is 1.90. The summed E-state index contributed by atoms with van der Waals surface area (Å²) >= 11 is 0. The molecule has 2 rings (SSSR count). The third-order valence-corrected chi connectivity index (χ3v) is 3.49. The van der Waals surface area contributed by atoms with Gasteiger partial charge in [-0.25, -0.2) is 4.39 Å². The van der Waals surface area contributed by atoms with Crippen LogP contribution in [0.4, 0.5) is 4.39 Å². The van der Waals surface area contributed by atoms with E-state index in [0.29, 0.717) is 5.56 Å². The summed E-state index contributed by atoms with van der Waals surface area (Å²) in [6.07, 6.45) is 0.229. The molecule has 0 aliphatic rings. The van der Waals surface area contributed by atoms with Crippen molar-refractivity contribution in [2.75, 3.05) is 6.54 Å². The van der Waals surface area contributed by atoms with Gasteiger partial charge in [0.25, 0.3) is 0 Å². The summed E-state index contributed by atoms with van der Waals surface area (Å²) in [5.41, 5.74) is 2.37. The Hall–Kier alpha value is -2.69. The van der Waals surface area contributed by atoms with Crippen LogP contribution in [0.2, 0.25) is 0 Å². The third-order valence-electron chi connectivity index (χ3n) is 3.49. The van der Waals surface area contributed by atoms with Gasteiger partial charge in [-0.05, 0) is 24.1 Å². The number of rotatable bonds is 6. The van der Waals surface area contributed by atoms with Crippen LogP contribution in [0.5, 0.6) is 0 Å². The van der Waals surface area contributed by atoms with Crippen molar-refractivity contribution in [3.05, 3.63) is 71.0 Å². The van der Waals surface area contributed by atoms with Crippen molar-refractivity contribution in [1.29, 1.82) is 0 Å². The number of hydrogen-bond acceptors (Lipinski definition) is 2. The summed E-state index contributed by atoms with van der Waals surface area (Å²) in [5.74, 6) is -0.942. The van der Waals surface area contributed by atoms with E-state index in [9.17, 15) is 14.0 Å². The third kappa shape index (κ3) is 5.21. The Morgan fingerprint density at radius 2 is 1.57 bits per heavy atom. The number of nitrogens with one attached hydrogen (secondary N) is 2. The van der Waals surface area contributed by atoms with Crippen LogP contribution >= 0.6 is 0 Å². The second kappa shape index (κ2) is 8.08. The van der Waals surface area contributed by atoms with Gasteiger partial charge < -0.3 is 10.6 Å². The molecule has 2 aromatic rings. The van der Waals surface area contributed by atoms with Crippen LogP contribution in [0.25, 0.3) is 0 Å². The van der Waals surface area contributed by atoms with Crippen LogP contribution < -0.4 is 10.6 Å². The van der Waals surface area contributed by atoms with Gasteiger partial charge >= 0.3 is 0 Å². The molecule has 2 N–H and O–H groups in total. The Labute approximate surface area is 134 Å². The van der Waals surface area contributed by atoms with E-state index in [1.54, 1.807) is 18.2 Å². The highest BCUT2D eigenvalue weighted by Gasteiger charge is 2.08. The second-order valence-electron chi connectivity index (χ2n) is 5.25. The molecule has 0 atom stereocenters. The molecule has 0 saturated carbocycles. The lowest BCUT2D eigenvalue weighted by molar-refractivity contribution is -0.125. The van der Waals surface area contributed by atoms with Crippen molar-refractivity contribution in [2.24, 2.45) is 0 Å². The number of aryl methyl sites for hydroxylation is 1. The van der Waals surface area contributed by atoms with Gasteiger partial charge in [0.1, 0.15) is 5.82 Å². The van der Waals surface area contributed by atoms with Crippen molar-refractivity contribution >= 4 is 11.8 Å². The van der Waals surface area contributed by atoms with Crippen molar-refractivity contribution in [1.82, 2.24) is 10.6 Å². The van der Waals surface area contributed by atoms with Gasteiger partial charge in [-0.1, -0.05) is 42.5 Å². The zero-order chi connectivity index (χ0) is 16.7. The van der Waals surface area contributed by atoms with Gasteiger partial charge in [-0.3, -0.25) is 9.59 Å². The number of benzene rings is 2. The van der Waals surface area contributed by atoms with Gasteiger partial charge in [0.15, 0.2) is 0 Å². The smallest absolute Gasteiger partial charge is 0.239 e. The maximum atomic E-state index is 13.4. The molecule has 5 heteroatoms. The molecule has 0 fully saturated rings. The topological polar surface area (TPSA) is 58.2 Å². The van der Waals surface area contributed by atoms with Crippen molar-refractivity contribution in [2.45, 2.75) is 19.9 Å². The summed E-state index contributed by atoms with van der Waals surface area (Å²) in [4.78, 5) is 23.5. The first-order valence-electron chi connectivity index (χ1n) is 7.37. The average Bonchev–Trinajstić information content (AvgIpc) is 2.54. The molecule has 0 radical (unpaired) electrons. The molecule has 120 valence electrons. The summed E-state index contributed by atoms with van der Waals surface area (Å²) in [7, 11) is 0. The standard InChI is InChI=1S/C18H19FN2O2/c1-13-6-2-3-7-14(13)10-17(22)21-12-18(23)20-11-15-8-4-5-9-16(15)19/h2-9H,10-12H2,1H3,(H,20,23)(H,21,22). The maximum Gasteiger partial charge on any atom is 0.239 e. The normalized spacial score (nSPS) is 10.2.